The first kappa shape index (κ1) is 12.8. The molecule has 0 aliphatic heterocycles. The summed E-state index contributed by atoms with van der Waals surface area (Å²) < 4.78 is 0. The molecule has 0 radical (unpaired) electrons. The molecule has 2 aromatic heterocycles. The number of hydrogen-bond donors (Lipinski definition) is 1. The van der Waals surface area contributed by atoms with Gasteiger partial charge < -0.3 is 9.88 Å². The number of carbonyl (C=O) groups is 1. The van der Waals surface area contributed by atoms with Crippen LogP contribution >= 0.6 is 0 Å². The minimum atomic E-state index is -0.0808. The van der Waals surface area contributed by atoms with Crippen molar-refractivity contribution in [1.82, 2.24) is 14.9 Å². The maximum atomic E-state index is 12.2. The molecule has 0 unspecified atom stereocenters. The maximum Gasteiger partial charge on any atom is 0.254 e. The van der Waals surface area contributed by atoms with E-state index >= 15 is 0 Å². The maximum absolute atomic E-state index is 12.2. The lowest BCUT2D eigenvalue weighted by molar-refractivity contribution is 0.0785. The standard InChI is InChI=1S/C14H14N4O/c1-18(10-11-3-6-16-9-11)14(19)12-4-7-17-13(8-12)2-5-15/h3-4,6-9,16H,2,10H2,1H3. The Kier molecular flexibility index (Phi) is 3.94. The predicted octanol–water partition coefficient (Wildman–Crippen LogP) is 1.75. The van der Waals surface area contributed by atoms with Gasteiger partial charge in [0.15, 0.2) is 0 Å². The largest absolute Gasteiger partial charge is 0.367 e. The highest BCUT2D eigenvalue weighted by Crippen LogP contribution is 2.09. The van der Waals surface area contributed by atoms with E-state index in [0.29, 0.717) is 17.8 Å². The van der Waals surface area contributed by atoms with Crippen molar-refractivity contribution in [1.29, 1.82) is 5.26 Å². The number of hydrogen-bond acceptors (Lipinski definition) is 3. The summed E-state index contributed by atoms with van der Waals surface area (Å²) in [6.07, 6.45) is 5.45. The van der Waals surface area contributed by atoms with Gasteiger partial charge in [-0.25, -0.2) is 0 Å². The highest BCUT2D eigenvalue weighted by atomic mass is 16.2. The molecule has 0 aliphatic rings. The first-order valence-corrected chi connectivity index (χ1v) is 5.89. The Morgan fingerprint density at radius 1 is 1.53 bits per heavy atom. The van der Waals surface area contributed by atoms with Gasteiger partial charge in [-0.1, -0.05) is 0 Å². The molecule has 1 N–H and O–H groups in total. The Morgan fingerprint density at radius 2 is 2.37 bits per heavy atom. The Bertz CT molecular complexity index is 598. The summed E-state index contributed by atoms with van der Waals surface area (Å²) >= 11 is 0. The lowest BCUT2D eigenvalue weighted by Gasteiger charge is -2.16. The number of nitriles is 1. The number of nitrogens with one attached hydrogen (secondary N) is 1. The lowest BCUT2D eigenvalue weighted by atomic mass is 10.1. The first-order valence-electron chi connectivity index (χ1n) is 5.89. The Labute approximate surface area is 111 Å². The van der Waals surface area contributed by atoms with Gasteiger partial charge in [0.25, 0.3) is 5.91 Å². The monoisotopic (exact) mass is 254 g/mol. The minimum absolute atomic E-state index is 0.0808. The van der Waals surface area contributed by atoms with E-state index in [4.69, 9.17) is 5.26 Å². The number of amides is 1. The van der Waals surface area contributed by atoms with Crippen molar-refractivity contribution in [3.05, 3.63) is 53.6 Å². The second-order valence-corrected chi connectivity index (χ2v) is 4.25. The second kappa shape index (κ2) is 5.83. The van der Waals surface area contributed by atoms with Gasteiger partial charge in [-0.3, -0.25) is 9.78 Å². The first-order chi connectivity index (χ1) is 9.20. The van der Waals surface area contributed by atoms with Crippen LogP contribution in [0.2, 0.25) is 0 Å². The van der Waals surface area contributed by atoms with Crippen LogP contribution in [0.3, 0.4) is 0 Å². The molecule has 0 atom stereocenters. The summed E-state index contributed by atoms with van der Waals surface area (Å²) in [5.74, 6) is -0.0808. The van der Waals surface area contributed by atoms with E-state index in [-0.39, 0.29) is 12.3 Å². The number of aromatic nitrogens is 2. The fourth-order valence-electron chi connectivity index (χ4n) is 1.81. The summed E-state index contributed by atoms with van der Waals surface area (Å²) in [6.45, 7) is 0.540. The molecule has 5 nitrogen and oxygen atoms in total. The van der Waals surface area contributed by atoms with Crippen LogP contribution in [0.15, 0.2) is 36.8 Å². The third-order valence-corrected chi connectivity index (χ3v) is 2.75. The van der Waals surface area contributed by atoms with Gasteiger partial charge in [-0.15, -0.1) is 0 Å². The highest BCUT2D eigenvalue weighted by molar-refractivity contribution is 5.94. The van der Waals surface area contributed by atoms with Gasteiger partial charge >= 0.3 is 0 Å². The van der Waals surface area contributed by atoms with Crippen molar-refractivity contribution in [2.75, 3.05) is 7.05 Å². The zero-order valence-corrected chi connectivity index (χ0v) is 10.6. The third-order valence-electron chi connectivity index (χ3n) is 2.75. The normalized spacial score (nSPS) is 9.89. The molecule has 2 rings (SSSR count). The van der Waals surface area contributed by atoms with Crippen molar-refractivity contribution in [3.63, 3.8) is 0 Å². The van der Waals surface area contributed by atoms with Gasteiger partial charge in [0.2, 0.25) is 0 Å². The summed E-state index contributed by atoms with van der Waals surface area (Å²) in [4.78, 5) is 20.9. The number of aromatic amines is 1. The van der Waals surface area contributed by atoms with Crippen LogP contribution < -0.4 is 0 Å². The van der Waals surface area contributed by atoms with Crippen LogP contribution in [0.1, 0.15) is 21.6 Å². The van der Waals surface area contributed by atoms with Crippen molar-refractivity contribution in [2.24, 2.45) is 0 Å². The van der Waals surface area contributed by atoms with Crippen LogP contribution in [0, 0.1) is 11.3 Å². The summed E-state index contributed by atoms with van der Waals surface area (Å²) in [7, 11) is 1.75. The number of H-pyrrole nitrogens is 1. The van der Waals surface area contributed by atoms with Gasteiger partial charge in [-0.2, -0.15) is 5.26 Å². The number of pyridine rings is 1. The van der Waals surface area contributed by atoms with E-state index < -0.39 is 0 Å². The van der Waals surface area contributed by atoms with E-state index in [2.05, 4.69) is 9.97 Å². The van der Waals surface area contributed by atoms with Gasteiger partial charge in [0.1, 0.15) is 0 Å². The average Bonchev–Trinajstić information content (AvgIpc) is 2.91. The second-order valence-electron chi connectivity index (χ2n) is 4.25. The van der Waals surface area contributed by atoms with E-state index in [1.807, 2.05) is 24.5 Å². The van der Waals surface area contributed by atoms with Gasteiger partial charge in [0.05, 0.1) is 18.2 Å². The summed E-state index contributed by atoms with van der Waals surface area (Å²) in [5, 5.41) is 8.64. The molecular formula is C14H14N4O. The molecule has 0 saturated heterocycles. The van der Waals surface area contributed by atoms with Gasteiger partial charge in [-0.05, 0) is 23.8 Å². The van der Waals surface area contributed by atoms with Crippen molar-refractivity contribution < 1.29 is 4.79 Å². The Morgan fingerprint density at radius 3 is 3.05 bits per heavy atom. The summed E-state index contributed by atoms with van der Waals surface area (Å²) in [6, 6.07) is 7.28. The van der Waals surface area contributed by atoms with Gasteiger partial charge in [0, 0.05) is 37.7 Å². The number of nitrogens with zero attached hydrogens (tertiary/aromatic N) is 3. The fourth-order valence-corrected chi connectivity index (χ4v) is 1.81. The Hall–Kier alpha value is -2.61. The quantitative estimate of drug-likeness (QED) is 0.903. The Balaban J connectivity index is 2.10. The molecule has 2 heterocycles. The van der Waals surface area contributed by atoms with Crippen molar-refractivity contribution in [3.8, 4) is 6.07 Å². The predicted molar refractivity (Wildman–Crippen MR) is 70.1 cm³/mol. The molecular weight excluding hydrogens is 240 g/mol. The smallest absolute Gasteiger partial charge is 0.254 e. The molecule has 0 aromatic carbocycles. The zero-order valence-electron chi connectivity index (χ0n) is 10.6. The topological polar surface area (TPSA) is 72.8 Å². The molecule has 2 aromatic rings. The SMILES string of the molecule is CN(Cc1cc[nH]c1)C(=O)c1ccnc(CC#N)c1. The molecule has 0 bridgehead atoms. The molecule has 0 fully saturated rings. The zero-order chi connectivity index (χ0) is 13.7. The van der Waals surface area contributed by atoms with E-state index in [9.17, 15) is 4.79 Å². The van der Waals surface area contributed by atoms with E-state index in [0.717, 1.165) is 5.56 Å². The summed E-state index contributed by atoms with van der Waals surface area (Å²) in [5.41, 5.74) is 2.21. The number of carbonyl (C=O) groups excluding carboxylic acids is 1. The van der Waals surface area contributed by atoms with E-state index in [1.54, 1.807) is 30.3 Å². The fraction of sp³-hybridized carbons (Fsp3) is 0.214. The van der Waals surface area contributed by atoms with Crippen LogP contribution in [0.4, 0.5) is 0 Å². The molecule has 96 valence electrons. The lowest BCUT2D eigenvalue weighted by Crippen LogP contribution is -2.26. The number of rotatable bonds is 4. The van der Waals surface area contributed by atoms with Crippen LogP contribution in [0.25, 0.3) is 0 Å². The molecule has 5 heteroatoms. The molecule has 0 aliphatic carbocycles. The van der Waals surface area contributed by atoms with Crippen LogP contribution in [0.5, 0.6) is 0 Å². The molecule has 0 saturated carbocycles. The van der Waals surface area contributed by atoms with Crippen LogP contribution in [-0.4, -0.2) is 27.8 Å². The molecule has 0 spiro atoms. The average molecular weight is 254 g/mol. The van der Waals surface area contributed by atoms with Crippen molar-refractivity contribution in [2.45, 2.75) is 13.0 Å². The third kappa shape index (κ3) is 3.19. The highest BCUT2D eigenvalue weighted by Gasteiger charge is 2.12. The molecule has 1 amide bonds. The van der Waals surface area contributed by atoms with E-state index in [1.165, 1.54) is 0 Å². The minimum Gasteiger partial charge on any atom is -0.367 e. The van der Waals surface area contributed by atoms with Crippen LogP contribution in [-0.2, 0) is 13.0 Å². The molecule has 19 heavy (non-hydrogen) atoms. The van der Waals surface area contributed by atoms with Crippen molar-refractivity contribution >= 4 is 5.91 Å².